The lowest BCUT2D eigenvalue weighted by molar-refractivity contribution is -0.202. The number of halogens is 11. The molecule has 0 aromatic heterocycles. The molecule has 0 saturated carbocycles. The third kappa shape index (κ3) is 6.39. The second-order valence-electron chi connectivity index (χ2n) is 6.87. The molecule has 3 rings (SSSR count). The number of benzene rings is 2. The summed E-state index contributed by atoms with van der Waals surface area (Å²) in [7, 11) is 0. The molecule has 2 aromatic rings. The summed E-state index contributed by atoms with van der Waals surface area (Å²) in [5, 5.41) is 0.992. The van der Waals surface area contributed by atoms with Crippen LogP contribution < -0.4 is 14.5 Å². The number of rotatable bonds is 8. The lowest BCUT2D eigenvalue weighted by Crippen LogP contribution is -2.34. The van der Waals surface area contributed by atoms with E-state index < -0.39 is 52.8 Å². The van der Waals surface area contributed by atoms with Gasteiger partial charge in [-0.3, -0.25) is 4.84 Å². The maximum absolute atomic E-state index is 13.8. The zero-order valence-corrected chi connectivity index (χ0v) is 18.3. The average Bonchev–Trinajstić information content (AvgIpc) is 3.22. The molecule has 3 unspecified atom stereocenters. The van der Waals surface area contributed by atoms with Crippen LogP contribution in [0.5, 0.6) is 11.5 Å². The number of hydrogen-bond acceptors (Lipinski definition) is 4. The maximum Gasteiger partial charge on any atom is 0.444 e. The molecule has 15 heteroatoms. The van der Waals surface area contributed by atoms with Crippen LogP contribution in [0.1, 0.15) is 17.2 Å². The third-order valence-electron chi connectivity index (χ3n) is 4.37. The molecule has 0 amide bonds. The first-order chi connectivity index (χ1) is 16.1. The van der Waals surface area contributed by atoms with Crippen LogP contribution in [0.15, 0.2) is 54.7 Å². The van der Waals surface area contributed by atoms with E-state index in [-0.39, 0.29) is 11.3 Å². The average molecular weight is 556 g/mol. The number of ether oxygens (including phenoxy) is 2. The van der Waals surface area contributed by atoms with Crippen LogP contribution in [-0.4, -0.2) is 23.5 Å². The summed E-state index contributed by atoms with van der Waals surface area (Å²) in [4.78, 5) is 5.47. The van der Waals surface area contributed by atoms with Gasteiger partial charge in [0.15, 0.2) is 0 Å². The largest absolute Gasteiger partial charge is 0.444 e. The van der Waals surface area contributed by atoms with E-state index in [0.29, 0.717) is 6.07 Å². The van der Waals surface area contributed by atoms with Gasteiger partial charge in [0.2, 0.25) is 0 Å². The molecule has 0 spiro atoms. The lowest BCUT2D eigenvalue weighted by atomic mass is 10.1. The van der Waals surface area contributed by atoms with Crippen LogP contribution in [0.3, 0.4) is 0 Å². The summed E-state index contributed by atoms with van der Waals surface area (Å²) >= 11 is 9.47. The molecule has 2 aromatic carbocycles. The predicted molar refractivity (Wildman–Crippen MR) is 106 cm³/mol. The predicted octanol–water partition coefficient (Wildman–Crippen LogP) is 7.72. The Balaban J connectivity index is 1.88. The van der Waals surface area contributed by atoms with Crippen molar-refractivity contribution in [2.24, 2.45) is 0 Å². The fraction of sp³-hybridized carbons (Fsp3) is 0.300. The van der Waals surface area contributed by atoms with Crippen molar-refractivity contribution in [3.05, 3.63) is 65.9 Å². The first-order valence-corrected chi connectivity index (χ1v) is 10.1. The highest BCUT2D eigenvalue weighted by Gasteiger charge is 2.44. The summed E-state index contributed by atoms with van der Waals surface area (Å²) in [6, 6.07) is 5.91. The van der Waals surface area contributed by atoms with Crippen molar-refractivity contribution < 1.29 is 53.8 Å². The van der Waals surface area contributed by atoms with Gasteiger partial charge in [-0.25, -0.2) is 13.8 Å². The van der Waals surface area contributed by atoms with Crippen molar-refractivity contribution in [1.82, 2.24) is 0 Å². The molecule has 0 radical (unpaired) electrons. The SMILES string of the molecule is FC(Cl)C(F)(F)Oc1ccc(C2C=CN(c3ccc(C(F)(F)F)cc3)O2)c(OC(F)(F)C(F)Cl)c1. The quantitative estimate of drug-likeness (QED) is 0.246. The maximum atomic E-state index is 13.8. The number of nitrogens with zero attached hydrogens (tertiary/aromatic N) is 1. The molecule has 4 nitrogen and oxygen atoms in total. The standard InChI is InChI=1S/C20H12Cl2F9NO3/c21-16(23)19(28,29)33-12-5-6-13(15(9-12)34-20(30,31)17(22)24)14-7-8-32(35-14)11-3-1-10(2-4-11)18(25,26)27/h1-9,14,16-17H. The second-order valence-corrected chi connectivity index (χ2v) is 7.63. The first-order valence-electron chi connectivity index (χ1n) is 9.25. The van der Waals surface area contributed by atoms with Crippen molar-refractivity contribution >= 4 is 28.9 Å². The minimum atomic E-state index is -4.64. The van der Waals surface area contributed by atoms with Gasteiger partial charge in [-0.2, -0.15) is 30.7 Å². The van der Waals surface area contributed by atoms with Gasteiger partial charge < -0.3 is 9.47 Å². The second kappa shape index (κ2) is 9.86. The molecule has 0 N–H and O–H groups in total. The topological polar surface area (TPSA) is 30.9 Å². The molecule has 1 aliphatic rings. The molecular weight excluding hydrogens is 544 g/mol. The lowest BCUT2D eigenvalue weighted by Gasteiger charge is -2.24. The summed E-state index contributed by atoms with van der Waals surface area (Å²) in [6.45, 7) is 0. The van der Waals surface area contributed by atoms with E-state index in [1.807, 2.05) is 0 Å². The van der Waals surface area contributed by atoms with E-state index in [9.17, 15) is 39.5 Å². The molecular formula is C20H12Cl2F9NO3. The molecule has 3 atom stereocenters. The zero-order valence-electron chi connectivity index (χ0n) is 16.8. The Morgan fingerprint density at radius 2 is 1.40 bits per heavy atom. The monoisotopic (exact) mass is 555 g/mol. The fourth-order valence-electron chi connectivity index (χ4n) is 2.75. The molecule has 0 aliphatic carbocycles. The minimum Gasteiger partial charge on any atom is -0.429 e. The Morgan fingerprint density at radius 1 is 0.829 bits per heavy atom. The van der Waals surface area contributed by atoms with Crippen LogP contribution in [0.25, 0.3) is 0 Å². The Bertz CT molecular complexity index is 1060. The van der Waals surface area contributed by atoms with Gasteiger partial charge in [0.05, 0.1) is 11.3 Å². The highest BCUT2D eigenvalue weighted by atomic mass is 35.5. The van der Waals surface area contributed by atoms with Crippen molar-refractivity contribution in [1.29, 1.82) is 0 Å². The highest BCUT2D eigenvalue weighted by Crippen LogP contribution is 2.41. The minimum absolute atomic E-state index is 0.116. The van der Waals surface area contributed by atoms with Gasteiger partial charge in [0.25, 0.3) is 11.3 Å². The van der Waals surface area contributed by atoms with E-state index in [1.54, 1.807) is 0 Å². The summed E-state index contributed by atoms with van der Waals surface area (Å²) < 4.78 is 127. The number of hydroxylamine groups is 1. The van der Waals surface area contributed by atoms with Gasteiger partial charge in [0.1, 0.15) is 17.6 Å². The third-order valence-corrected chi connectivity index (χ3v) is 4.88. The normalized spacial score (nSPS) is 18.5. The smallest absolute Gasteiger partial charge is 0.429 e. The summed E-state index contributed by atoms with van der Waals surface area (Å²) in [5.41, 5.74) is -7.72. The zero-order chi connectivity index (χ0) is 26.2. The van der Waals surface area contributed by atoms with E-state index >= 15 is 0 Å². The Morgan fingerprint density at radius 3 is 1.94 bits per heavy atom. The summed E-state index contributed by atoms with van der Waals surface area (Å²) in [5.74, 6) is -1.81. The highest BCUT2D eigenvalue weighted by molar-refractivity contribution is 6.20. The van der Waals surface area contributed by atoms with Gasteiger partial charge in [-0.1, -0.05) is 23.2 Å². The molecule has 1 aliphatic heterocycles. The number of alkyl halides is 11. The number of hydrogen-bond donors (Lipinski definition) is 0. The number of anilines is 1. The first kappa shape index (κ1) is 27.1. The van der Waals surface area contributed by atoms with Crippen LogP contribution in [0, 0.1) is 0 Å². The van der Waals surface area contributed by atoms with Crippen LogP contribution in [0.2, 0.25) is 0 Å². The van der Waals surface area contributed by atoms with Crippen LogP contribution in [-0.2, 0) is 11.0 Å². The van der Waals surface area contributed by atoms with Crippen LogP contribution >= 0.6 is 23.2 Å². The molecule has 35 heavy (non-hydrogen) atoms. The van der Waals surface area contributed by atoms with E-state index in [1.165, 1.54) is 12.3 Å². The van der Waals surface area contributed by atoms with E-state index in [2.05, 4.69) is 9.47 Å². The van der Waals surface area contributed by atoms with Gasteiger partial charge in [-0.15, -0.1) is 0 Å². The van der Waals surface area contributed by atoms with Crippen molar-refractivity contribution in [3.63, 3.8) is 0 Å². The molecule has 0 bridgehead atoms. The Hall–Kier alpha value is -2.51. The van der Waals surface area contributed by atoms with Gasteiger partial charge >= 0.3 is 18.4 Å². The molecule has 192 valence electrons. The van der Waals surface area contributed by atoms with Crippen molar-refractivity contribution in [2.45, 2.75) is 35.8 Å². The van der Waals surface area contributed by atoms with Crippen molar-refractivity contribution in [2.75, 3.05) is 5.06 Å². The van der Waals surface area contributed by atoms with Gasteiger partial charge in [-0.05, 0) is 42.5 Å². The van der Waals surface area contributed by atoms with Gasteiger partial charge in [0, 0.05) is 17.8 Å². The molecule has 1 heterocycles. The van der Waals surface area contributed by atoms with Crippen molar-refractivity contribution in [3.8, 4) is 11.5 Å². The Kier molecular flexibility index (Phi) is 7.63. The van der Waals surface area contributed by atoms with Crippen LogP contribution in [0.4, 0.5) is 45.2 Å². The molecule has 0 saturated heterocycles. The fourth-order valence-corrected chi connectivity index (χ4v) is 2.84. The van der Waals surface area contributed by atoms with E-state index in [0.717, 1.165) is 41.5 Å². The summed E-state index contributed by atoms with van der Waals surface area (Å²) in [6.07, 6.45) is -12.6. The molecule has 0 fully saturated rings. The Labute approximate surface area is 201 Å². The van der Waals surface area contributed by atoms with E-state index in [4.69, 9.17) is 28.0 Å².